The summed E-state index contributed by atoms with van der Waals surface area (Å²) in [5.41, 5.74) is 4.99. The molecule has 0 N–H and O–H groups in total. The van der Waals surface area contributed by atoms with Gasteiger partial charge in [0.05, 0.1) is 5.69 Å². The molecule has 0 amide bonds. The Balaban J connectivity index is 1.82. The highest BCUT2D eigenvalue weighted by atomic mass is 16.6. The van der Waals surface area contributed by atoms with E-state index in [4.69, 9.17) is 9.47 Å². The first-order chi connectivity index (χ1) is 11.4. The average Bonchev–Trinajstić information content (AvgIpc) is 2.77. The fraction of sp³-hybridized carbons (Fsp3) is 0.368. The molecule has 0 fully saturated rings. The lowest BCUT2D eigenvalue weighted by Gasteiger charge is -2.11. The van der Waals surface area contributed by atoms with Crippen molar-refractivity contribution in [2.45, 2.75) is 27.7 Å². The number of benzene rings is 1. The van der Waals surface area contributed by atoms with Crippen molar-refractivity contribution in [1.29, 1.82) is 0 Å². The summed E-state index contributed by atoms with van der Waals surface area (Å²) >= 11 is 0. The minimum atomic E-state index is -0.386. The van der Waals surface area contributed by atoms with Gasteiger partial charge < -0.3 is 9.47 Å². The molecule has 0 spiro atoms. The van der Waals surface area contributed by atoms with Gasteiger partial charge in [-0.05, 0) is 44.9 Å². The molecule has 0 bridgehead atoms. The molecule has 1 aromatic heterocycles. The van der Waals surface area contributed by atoms with E-state index in [1.165, 1.54) is 6.08 Å². The number of carbonyl (C=O) groups excluding carboxylic acids is 1. The Kier molecular flexibility index (Phi) is 5.79. The van der Waals surface area contributed by atoms with E-state index in [0.29, 0.717) is 6.61 Å². The maximum Gasteiger partial charge on any atom is 0.330 e. The zero-order chi connectivity index (χ0) is 17.7. The second-order valence-electron chi connectivity index (χ2n) is 5.78. The molecule has 0 saturated heterocycles. The molecule has 0 aliphatic rings. The first-order valence-corrected chi connectivity index (χ1v) is 7.94. The van der Waals surface area contributed by atoms with Crippen molar-refractivity contribution in [2.24, 2.45) is 7.05 Å². The minimum Gasteiger partial charge on any atom is -0.489 e. The van der Waals surface area contributed by atoms with Crippen LogP contribution in [0.2, 0.25) is 0 Å². The van der Waals surface area contributed by atoms with Crippen LogP contribution in [0.3, 0.4) is 0 Å². The van der Waals surface area contributed by atoms with Crippen LogP contribution < -0.4 is 4.74 Å². The number of aryl methyl sites for hydroxylation is 4. The van der Waals surface area contributed by atoms with E-state index in [-0.39, 0.29) is 12.6 Å². The molecule has 0 aliphatic heterocycles. The Labute approximate surface area is 142 Å². The van der Waals surface area contributed by atoms with Crippen molar-refractivity contribution in [3.8, 4) is 5.75 Å². The fourth-order valence-electron chi connectivity index (χ4n) is 2.54. The van der Waals surface area contributed by atoms with Crippen LogP contribution in [0.25, 0.3) is 6.08 Å². The van der Waals surface area contributed by atoms with Crippen LogP contribution in [0, 0.1) is 27.7 Å². The topological polar surface area (TPSA) is 53.4 Å². The van der Waals surface area contributed by atoms with Gasteiger partial charge in [0.1, 0.15) is 19.0 Å². The molecule has 24 heavy (non-hydrogen) atoms. The molecule has 1 heterocycles. The predicted molar refractivity (Wildman–Crippen MR) is 94.1 cm³/mol. The van der Waals surface area contributed by atoms with Crippen LogP contribution in [-0.4, -0.2) is 29.0 Å². The van der Waals surface area contributed by atoms with E-state index in [0.717, 1.165) is 33.8 Å². The maximum atomic E-state index is 11.8. The van der Waals surface area contributed by atoms with Gasteiger partial charge in [-0.15, -0.1) is 0 Å². The summed E-state index contributed by atoms with van der Waals surface area (Å²) in [4.78, 5) is 11.8. The molecule has 0 radical (unpaired) electrons. The van der Waals surface area contributed by atoms with E-state index in [9.17, 15) is 4.79 Å². The Morgan fingerprint density at radius 1 is 1.17 bits per heavy atom. The van der Waals surface area contributed by atoms with Gasteiger partial charge in [0.15, 0.2) is 0 Å². The van der Waals surface area contributed by atoms with Gasteiger partial charge in [0.25, 0.3) is 0 Å². The van der Waals surface area contributed by atoms with Crippen molar-refractivity contribution in [3.63, 3.8) is 0 Å². The molecule has 0 unspecified atom stereocenters. The number of carbonyl (C=O) groups is 1. The van der Waals surface area contributed by atoms with Crippen molar-refractivity contribution >= 4 is 12.0 Å². The van der Waals surface area contributed by atoms with E-state index >= 15 is 0 Å². The van der Waals surface area contributed by atoms with Crippen LogP contribution in [0.1, 0.15) is 28.1 Å². The lowest BCUT2D eigenvalue weighted by molar-refractivity contribution is -0.138. The Morgan fingerprint density at radius 3 is 2.42 bits per heavy atom. The monoisotopic (exact) mass is 328 g/mol. The second-order valence-corrected chi connectivity index (χ2v) is 5.78. The summed E-state index contributed by atoms with van der Waals surface area (Å²) in [5, 5.41) is 4.31. The van der Waals surface area contributed by atoms with Crippen LogP contribution in [0.5, 0.6) is 5.75 Å². The Hall–Kier alpha value is -2.56. The van der Waals surface area contributed by atoms with E-state index in [1.54, 1.807) is 10.8 Å². The van der Waals surface area contributed by atoms with E-state index in [1.807, 2.05) is 52.9 Å². The summed E-state index contributed by atoms with van der Waals surface area (Å²) in [5.74, 6) is 0.466. The lowest BCUT2D eigenvalue weighted by Crippen LogP contribution is -2.11. The molecule has 2 aromatic rings. The van der Waals surface area contributed by atoms with Gasteiger partial charge in [-0.3, -0.25) is 4.68 Å². The zero-order valence-electron chi connectivity index (χ0n) is 14.9. The molecule has 5 heteroatoms. The largest absolute Gasteiger partial charge is 0.489 e. The molecule has 2 rings (SSSR count). The number of ether oxygens (including phenoxy) is 2. The van der Waals surface area contributed by atoms with E-state index in [2.05, 4.69) is 5.10 Å². The highest BCUT2D eigenvalue weighted by Crippen LogP contribution is 2.22. The summed E-state index contributed by atoms with van der Waals surface area (Å²) in [6.07, 6.45) is 3.17. The van der Waals surface area contributed by atoms with Crippen molar-refractivity contribution in [2.75, 3.05) is 13.2 Å². The first kappa shape index (κ1) is 17.8. The molecule has 0 saturated carbocycles. The molecule has 5 nitrogen and oxygen atoms in total. The number of esters is 1. The number of para-hydroxylation sites is 1. The van der Waals surface area contributed by atoms with E-state index < -0.39 is 0 Å². The summed E-state index contributed by atoms with van der Waals surface area (Å²) in [6, 6.07) is 5.98. The Bertz CT molecular complexity index is 740. The normalized spacial score (nSPS) is 11.0. The highest BCUT2D eigenvalue weighted by molar-refractivity contribution is 5.87. The number of hydrogen-bond acceptors (Lipinski definition) is 4. The SMILES string of the molecule is Cc1cccc(C)c1OCCOC(=O)C=Cc1c(C)nn(C)c1C. The van der Waals surface area contributed by atoms with Crippen LogP contribution in [-0.2, 0) is 16.6 Å². The molecular formula is C19H24N2O3. The predicted octanol–water partition coefficient (Wildman–Crippen LogP) is 3.29. The fourth-order valence-corrected chi connectivity index (χ4v) is 2.54. The second kappa shape index (κ2) is 7.81. The highest BCUT2D eigenvalue weighted by Gasteiger charge is 2.07. The number of nitrogens with zero attached hydrogens (tertiary/aromatic N) is 2. The Morgan fingerprint density at radius 2 is 1.83 bits per heavy atom. The quantitative estimate of drug-likeness (QED) is 0.464. The molecular weight excluding hydrogens is 304 g/mol. The van der Waals surface area contributed by atoms with Crippen molar-refractivity contribution in [3.05, 3.63) is 52.4 Å². The van der Waals surface area contributed by atoms with Crippen molar-refractivity contribution < 1.29 is 14.3 Å². The number of rotatable bonds is 6. The maximum absolute atomic E-state index is 11.8. The van der Waals surface area contributed by atoms with Crippen LogP contribution in [0.4, 0.5) is 0 Å². The van der Waals surface area contributed by atoms with Crippen LogP contribution in [0.15, 0.2) is 24.3 Å². The number of hydrogen-bond donors (Lipinski definition) is 0. The third-order valence-corrected chi connectivity index (χ3v) is 3.93. The summed E-state index contributed by atoms with van der Waals surface area (Å²) in [7, 11) is 1.88. The third-order valence-electron chi connectivity index (χ3n) is 3.93. The number of aromatic nitrogens is 2. The summed E-state index contributed by atoms with van der Waals surface area (Å²) < 4.78 is 12.7. The zero-order valence-corrected chi connectivity index (χ0v) is 14.9. The smallest absolute Gasteiger partial charge is 0.330 e. The lowest BCUT2D eigenvalue weighted by atomic mass is 10.1. The van der Waals surface area contributed by atoms with Gasteiger partial charge in [-0.25, -0.2) is 4.79 Å². The molecule has 128 valence electrons. The van der Waals surface area contributed by atoms with Gasteiger partial charge in [-0.1, -0.05) is 18.2 Å². The van der Waals surface area contributed by atoms with Crippen molar-refractivity contribution in [1.82, 2.24) is 9.78 Å². The minimum absolute atomic E-state index is 0.210. The van der Waals surface area contributed by atoms with Crippen LogP contribution >= 0.6 is 0 Å². The molecule has 0 aliphatic carbocycles. The van der Waals surface area contributed by atoms with Gasteiger partial charge in [0, 0.05) is 24.4 Å². The van der Waals surface area contributed by atoms with Gasteiger partial charge in [0.2, 0.25) is 0 Å². The average molecular weight is 328 g/mol. The first-order valence-electron chi connectivity index (χ1n) is 7.94. The van der Waals surface area contributed by atoms with Gasteiger partial charge >= 0.3 is 5.97 Å². The van der Waals surface area contributed by atoms with Gasteiger partial charge in [-0.2, -0.15) is 5.10 Å². The summed E-state index contributed by atoms with van der Waals surface area (Å²) in [6.45, 7) is 8.41. The molecule has 0 atom stereocenters. The third kappa shape index (κ3) is 4.25. The molecule has 1 aromatic carbocycles. The standard InChI is InChI=1S/C19H24N2O3/c1-13-7-6-8-14(2)19(13)24-12-11-23-18(22)10-9-17-15(3)20-21(5)16(17)4/h6-10H,11-12H2,1-5H3.